The fourth-order valence-corrected chi connectivity index (χ4v) is 3.96. The van der Waals surface area contributed by atoms with Crippen LogP contribution in [0.5, 0.6) is 5.75 Å². The summed E-state index contributed by atoms with van der Waals surface area (Å²) in [6.07, 6.45) is 4.33. The van der Waals surface area contributed by atoms with Gasteiger partial charge in [-0.2, -0.15) is 4.31 Å². The molecule has 0 atom stereocenters. The molecule has 0 aliphatic heterocycles. The van der Waals surface area contributed by atoms with Gasteiger partial charge >= 0.3 is 0 Å². The molecule has 0 radical (unpaired) electrons. The molecular weight excluding hydrogens is 368 g/mol. The van der Waals surface area contributed by atoms with E-state index in [1.165, 1.54) is 34.9 Å². The van der Waals surface area contributed by atoms with E-state index in [2.05, 4.69) is 5.32 Å². The first-order chi connectivity index (χ1) is 12.9. The second-order valence-electron chi connectivity index (χ2n) is 5.52. The smallest absolute Gasteiger partial charge is 0.248 e. The lowest BCUT2D eigenvalue weighted by molar-refractivity contribution is -0.111. The minimum atomic E-state index is -3.65. The number of hydrogen-bond donors (Lipinski definition) is 1. The Hall–Kier alpha value is -2.58. The molecule has 2 aromatic rings. The quantitative estimate of drug-likeness (QED) is 0.661. The zero-order valence-electron chi connectivity index (χ0n) is 15.6. The second-order valence-corrected chi connectivity index (χ2v) is 7.46. The Morgan fingerprint density at radius 3 is 2.56 bits per heavy atom. The van der Waals surface area contributed by atoms with Gasteiger partial charge in [-0.25, -0.2) is 8.42 Å². The fraction of sp³-hybridized carbons (Fsp3) is 0.316. The van der Waals surface area contributed by atoms with Crippen LogP contribution < -0.4 is 10.1 Å². The van der Waals surface area contributed by atoms with Crippen LogP contribution in [0.15, 0.2) is 52.0 Å². The third-order valence-corrected chi connectivity index (χ3v) is 5.84. The molecule has 0 saturated carbocycles. The molecule has 0 aliphatic rings. The van der Waals surface area contributed by atoms with Gasteiger partial charge in [0.1, 0.15) is 11.5 Å². The number of amides is 1. The van der Waals surface area contributed by atoms with Gasteiger partial charge in [0.15, 0.2) is 0 Å². The van der Waals surface area contributed by atoms with Crippen LogP contribution in [0.2, 0.25) is 0 Å². The van der Waals surface area contributed by atoms with Crippen LogP contribution in [0, 0.1) is 0 Å². The Bertz CT molecular complexity index is 885. The monoisotopic (exact) mass is 392 g/mol. The zero-order chi connectivity index (χ0) is 19.9. The van der Waals surface area contributed by atoms with Gasteiger partial charge in [-0.05, 0) is 43.3 Å². The normalized spacial score (nSPS) is 11.9. The third kappa shape index (κ3) is 5.21. The molecule has 1 heterocycles. The maximum Gasteiger partial charge on any atom is 0.248 e. The summed E-state index contributed by atoms with van der Waals surface area (Å²) in [5.74, 6) is 0.508. The number of hydrogen-bond acceptors (Lipinski definition) is 5. The molecule has 1 amide bonds. The fourth-order valence-electron chi connectivity index (χ4n) is 2.48. The predicted octanol–water partition coefficient (Wildman–Crippen LogP) is 3.36. The van der Waals surface area contributed by atoms with Crippen molar-refractivity contribution in [3.8, 4) is 5.75 Å². The van der Waals surface area contributed by atoms with Crippen molar-refractivity contribution in [2.24, 2.45) is 0 Å². The SMILES string of the molecule is CCOc1ccc(S(=O)(=O)N(CC)CC)cc1NC(=O)/C=C/c1ccco1. The number of carbonyl (C=O) groups excluding carboxylic acids is 1. The average Bonchev–Trinajstić information content (AvgIpc) is 3.16. The van der Waals surface area contributed by atoms with E-state index < -0.39 is 15.9 Å². The van der Waals surface area contributed by atoms with Crippen molar-refractivity contribution < 1.29 is 22.4 Å². The van der Waals surface area contributed by atoms with Crippen molar-refractivity contribution in [3.05, 3.63) is 48.4 Å². The second kappa shape index (κ2) is 9.38. The van der Waals surface area contributed by atoms with Crippen molar-refractivity contribution in [1.29, 1.82) is 0 Å². The number of sulfonamides is 1. The number of furan rings is 1. The lowest BCUT2D eigenvalue weighted by Gasteiger charge is -2.19. The zero-order valence-corrected chi connectivity index (χ0v) is 16.5. The van der Waals surface area contributed by atoms with Crippen molar-refractivity contribution in [2.75, 3.05) is 25.0 Å². The maximum atomic E-state index is 12.7. The van der Waals surface area contributed by atoms with E-state index in [0.29, 0.717) is 36.9 Å². The number of rotatable bonds is 9. The molecule has 1 N–H and O–H groups in total. The van der Waals surface area contributed by atoms with Gasteiger partial charge in [0.05, 0.1) is 23.5 Å². The Labute approximate surface area is 159 Å². The van der Waals surface area contributed by atoms with E-state index in [-0.39, 0.29) is 4.90 Å². The van der Waals surface area contributed by atoms with Crippen LogP contribution >= 0.6 is 0 Å². The minimum absolute atomic E-state index is 0.0972. The largest absolute Gasteiger partial charge is 0.492 e. The van der Waals surface area contributed by atoms with Gasteiger partial charge in [0.25, 0.3) is 0 Å². The number of carbonyl (C=O) groups is 1. The molecule has 8 heteroatoms. The average molecular weight is 392 g/mol. The lowest BCUT2D eigenvalue weighted by atomic mass is 10.3. The van der Waals surface area contributed by atoms with Crippen LogP contribution in [0.1, 0.15) is 26.5 Å². The van der Waals surface area contributed by atoms with Crippen molar-refractivity contribution in [3.63, 3.8) is 0 Å². The van der Waals surface area contributed by atoms with Crippen LogP contribution in [-0.2, 0) is 14.8 Å². The number of benzene rings is 1. The molecule has 0 fully saturated rings. The van der Waals surface area contributed by atoms with Gasteiger partial charge in [-0.15, -0.1) is 0 Å². The van der Waals surface area contributed by atoms with E-state index in [1.54, 1.807) is 32.0 Å². The lowest BCUT2D eigenvalue weighted by Crippen LogP contribution is -2.30. The Morgan fingerprint density at radius 2 is 1.96 bits per heavy atom. The molecule has 7 nitrogen and oxygen atoms in total. The molecule has 2 rings (SSSR count). The first-order valence-corrected chi connectivity index (χ1v) is 10.2. The van der Waals surface area contributed by atoms with Crippen molar-refractivity contribution in [1.82, 2.24) is 4.31 Å². The topological polar surface area (TPSA) is 88.9 Å². The minimum Gasteiger partial charge on any atom is -0.492 e. The summed E-state index contributed by atoms with van der Waals surface area (Å²) in [5, 5.41) is 2.67. The molecule has 0 aliphatic carbocycles. The molecule has 27 heavy (non-hydrogen) atoms. The number of anilines is 1. The van der Waals surface area contributed by atoms with E-state index >= 15 is 0 Å². The highest BCUT2D eigenvalue weighted by molar-refractivity contribution is 7.89. The summed E-state index contributed by atoms with van der Waals surface area (Å²) in [5.41, 5.74) is 0.291. The van der Waals surface area contributed by atoms with E-state index in [9.17, 15) is 13.2 Å². The Morgan fingerprint density at radius 1 is 1.22 bits per heavy atom. The Balaban J connectivity index is 2.31. The molecule has 1 aromatic heterocycles. The van der Waals surface area contributed by atoms with E-state index in [0.717, 1.165) is 0 Å². The summed E-state index contributed by atoms with van der Waals surface area (Å²) in [6.45, 7) is 6.46. The number of nitrogens with one attached hydrogen (secondary N) is 1. The molecule has 1 aromatic carbocycles. The molecular formula is C19H24N2O5S. The predicted molar refractivity (Wildman–Crippen MR) is 104 cm³/mol. The molecule has 0 unspecified atom stereocenters. The third-order valence-electron chi connectivity index (χ3n) is 3.79. The van der Waals surface area contributed by atoms with E-state index in [4.69, 9.17) is 9.15 Å². The van der Waals surface area contributed by atoms with Crippen LogP contribution in [0.3, 0.4) is 0 Å². The summed E-state index contributed by atoms with van der Waals surface area (Å²) in [6, 6.07) is 7.87. The number of nitrogens with zero attached hydrogens (tertiary/aromatic N) is 1. The highest BCUT2D eigenvalue weighted by Crippen LogP contribution is 2.29. The first kappa shape index (κ1) is 20.7. The van der Waals surface area contributed by atoms with Gasteiger partial charge in [0.2, 0.25) is 15.9 Å². The summed E-state index contributed by atoms with van der Waals surface area (Å²) >= 11 is 0. The molecule has 146 valence electrons. The maximum absolute atomic E-state index is 12.7. The van der Waals surface area contributed by atoms with Crippen LogP contribution in [0.25, 0.3) is 6.08 Å². The molecule has 0 bridgehead atoms. The van der Waals surface area contributed by atoms with Gasteiger partial charge in [-0.1, -0.05) is 13.8 Å². The van der Waals surface area contributed by atoms with Crippen LogP contribution in [0.4, 0.5) is 5.69 Å². The standard InChI is InChI=1S/C19H24N2O5S/c1-4-21(5-2)27(23,24)16-10-11-18(25-6-3)17(14-16)20-19(22)12-9-15-8-7-13-26-15/h7-14H,4-6H2,1-3H3,(H,20,22)/b12-9+. The highest BCUT2D eigenvalue weighted by Gasteiger charge is 2.23. The van der Waals surface area contributed by atoms with E-state index in [1.807, 2.05) is 6.92 Å². The molecule has 0 spiro atoms. The van der Waals surface area contributed by atoms with Crippen LogP contribution in [-0.4, -0.2) is 38.3 Å². The van der Waals surface area contributed by atoms with Gasteiger partial charge < -0.3 is 14.5 Å². The number of ether oxygens (including phenoxy) is 1. The summed E-state index contributed by atoms with van der Waals surface area (Å²) in [7, 11) is -3.65. The van der Waals surface area contributed by atoms with Crippen molar-refractivity contribution >= 4 is 27.7 Å². The highest BCUT2D eigenvalue weighted by atomic mass is 32.2. The summed E-state index contributed by atoms with van der Waals surface area (Å²) < 4.78 is 37.4. The Kier molecular flexibility index (Phi) is 7.20. The summed E-state index contributed by atoms with van der Waals surface area (Å²) in [4.78, 5) is 12.3. The van der Waals surface area contributed by atoms with Gasteiger partial charge in [-0.3, -0.25) is 4.79 Å². The molecule has 0 saturated heterocycles. The van der Waals surface area contributed by atoms with Gasteiger partial charge in [0, 0.05) is 19.2 Å². The van der Waals surface area contributed by atoms with Crippen molar-refractivity contribution in [2.45, 2.75) is 25.7 Å². The first-order valence-electron chi connectivity index (χ1n) is 8.71.